The van der Waals surface area contributed by atoms with E-state index in [9.17, 15) is 4.79 Å². The molecule has 1 aromatic carbocycles. The van der Waals surface area contributed by atoms with Crippen LogP contribution >= 0.6 is 0 Å². The van der Waals surface area contributed by atoms with E-state index in [1.54, 1.807) is 24.5 Å². The second-order valence-electron chi connectivity index (χ2n) is 5.73. The number of aryl methyl sites for hydroxylation is 1. The molecule has 0 atom stereocenters. The van der Waals surface area contributed by atoms with Crippen molar-refractivity contribution in [2.45, 2.75) is 19.9 Å². The summed E-state index contributed by atoms with van der Waals surface area (Å²) >= 11 is 0. The van der Waals surface area contributed by atoms with Gasteiger partial charge in [0.2, 0.25) is 5.91 Å². The molecule has 0 saturated carbocycles. The van der Waals surface area contributed by atoms with Gasteiger partial charge in [-0.05, 0) is 36.2 Å². The zero-order valence-electron chi connectivity index (χ0n) is 13.9. The van der Waals surface area contributed by atoms with Crippen LogP contribution in [0.25, 0.3) is 0 Å². The fraction of sp³-hybridized carbons (Fsp3) is 0.158. The zero-order valence-corrected chi connectivity index (χ0v) is 13.9. The summed E-state index contributed by atoms with van der Waals surface area (Å²) in [6, 6.07) is 15.3. The molecule has 2 heterocycles. The van der Waals surface area contributed by atoms with E-state index in [0.717, 1.165) is 16.7 Å². The maximum atomic E-state index is 12.1. The van der Waals surface area contributed by atoms with Crippen molar-refractivity contribution in [1.29, 1.82) is 0 Å². The molecule has 1 amide bonds. The molecule has 6 heteroatoms. The molecule has 6 nitrogen and oxygen atoms in total. The lowest BCUT2D eigenvalue weighted by molar-refractivity contribution is -0.115. The van der Waals surface area contributed by atoms with Crippen LogP contribution in [0.15, 0.2) is 60.9 Å². The van der Waals surface area contributed by atoms with Crippen LogP contribution in [-0.4, -0.2) is 21.1 Å². The molecule has 0 saturated heterocycles. The van der Waals surface area contributed by atoms with Crippen molar-refractivity contribution in [1.82, 2.24) is 15.2 Å². The number of nitrogens with one attached hydrogen (secondary N) is 2. The van der Waals surface area contributed by atoms with Crippen LogP contribution in [0.3, 0.4) is 0 Å². The van der Waals surface area contributed by atoms with E-state index in [1.165, 1.54) is 0 Å². The van der Waals surface area contributed by atoms with Crippen molar-refractivity contribution in [3.63, 3.8) is 0 Å². The van der Waals surface area contributed by atoms with Crippen LogP contribution in [0, 0.1) is 6.92 Å². The smallest absolute Gasteiger partial charge is 0.229 e. The molecular formula is C19H19N5O. The molecule has 0 aliphatic rings. The number of hydrogen-bond donors (Lipinski definition) is 2. The molecule has 0 aliphatic heterocycles. The van der Waals surface area contributed by atoms with E-state index < -0.39 is 0 Å². The standard InChI is InChI=1S/C19H19N5O/c1-14-4-2-5-15(10-14)11-19(25)22-18-8-7-17(23-24-18)21-13-16-6-3-9-20-12-16/h2-10,12H,11,13H2,1H3,(H,21,23)(H,22,24,25). The van der Waals surface area contributed by atoms with Gasteiger partial charge < -0.3 is 10.6 Å². The van der Waals surface area contributed by atoms with Gasteiger partial charge in [0.25, 0.3) is 0 Å². The Kier molecular flexibility index (Phi) is 5.31. The fourth-order valence-corrected chi connectivity index (χ4v) is 2.38. The average molecular weight is 333 g/mol. The molecule has 0 aliphatic carbocycles. The molecule has 0 radical (unpaired) electrons. The minimum atomic E-state index is -0.115. The first-order valence-electron chi connectivity index (χ1n) is 8.01. The Morgan fingerprint density at radius 1 is 1.00 bits per heavy atom. The summed E-state index contributed by atoms with van der Waals surface area (Å²) in [5.41, 5.74) is 3.16. The molecule has 3 aromatic rings. The number of hydrogen-bond acceptors (Lipinski definition) is 5. The van der Waals surface area contributed by atoms with Crippen LogP contribution in [0.5, 0.6) is 0 Å². The summed E-state index contributed by atoms with van der Waals surface area (Å²) in [7, 11) is 0. The molecule has 0 spiro atoms. The average Bonchev–Trinajstić information content (AvgIpc) is 2.62. The Morgan fingerprint density at radius 3 is 2.52 bits per heavy atom. The first-order valence-corrected chi connectivity index (χ1v) is 8.01. The number of nitrogens with zero attached hydrogens (tertiary/aromatic N) is 3. The van der Waals surface area contributed by atoms with Crippen LogP contribution in [0.1, 0.15) is 16.7 Å². The number of benzene rings is 1. The maximum absolute atomic E-state index is 12.1. The van der Waals surface area contributed by atoms with Gasteiger partial charge in [0.05, 0.1) is 6.42 Å². The second kappa shape index (κ2) is 8.01. The van der Waals surface area contributed by atoms with Gasteiger partial charge in [0.1, 0.15) is 5.82 Å². The minimum absolute atomic E-state index is 0.115. The summed E-state index contributed by atoms with van der Waals surface area (Å²) in [4.78, 5) is 16.1. The van der Waals surface area contributed by atoms with E-state index in [0.29, 0.717) is 24.6 Å². The third-order valence-electron chi connectivity index (χ3n) is 3.58. The van der Waals surface area contributed by atoms with Gasteiger partial charge in [-0.2, -0.15) is 0 Å². The molecule has 0 unspecified atom stereocenters. The summed E-state index contributed by atoms with van der Waals surface area (Å²) < 4.78 is 0. The third-order valence-corrected chi connectivity index (χ3v) is 3.58. The Hall–Kier alpha value is -3.28. The van der Waals surface area contributed by atoms with E-state index in [2.05, 4.69) is 25.8 Å². The predicted octanol–water partition coefficient (Wildman–Crippen LogP) is 2.97. The van der Waals surface area contributed by atoms with Gasteiger partial charge >= 0.3 is 0 Å². The summed E-state index contributed by atoms with van der Waals surface area (Å²) in [6.07, 6.45) is 3.84. The lowest BCUT2D eigenvalue weighted by atomic mass is 10.1. The Labute approximate surface area is 146 Å². The molecule has 2 N–H and O–H groups in total. The van der Waals surface area contributed by atoms with Crippen molar-refractivity contribution in [2.24, 2.45) is 0 Å². The molecule has 2 aromatic heterocycles. The van der Waals surface area contributed by atoms with E-state index >= 15 is 0 Å². The van der Waals surface area contributed by atoms with Crippen molar-refractivity contribution >= 4 is 17.5 Å². The monoisotopic (exact) mass is 333 g/mol. The van der Waals surface area contributed by atoms with E-state index in [4.69, 9.17) is 0 Å². The van der Waals surface area contributed by atoms with Gasteiger partial charge in [0, 0.05) is 18.9 Å². The Bertz CT molecular complexity index is 834. The van der Waals surface area contributed by atoms with Gasteiger partial charge in [0.15, 0.2) is 5.82 Å². The van der Waals surface area contributed by atoms with Crippen LogP contribution in [0.2, 0.25) is 0 Å². The van der Waals surface area contributed by atoms with Crippen LogP contribution < -0.4 is 10.6 Å². The number of carbonyl (C=O) groups is 1. The highest BCUT2D eigenvalue weighted by molar-refractivity contribution is 5.91. The molecule has 0 bridgehead atoms. The topological polar surface area (TPSA) is 79.8 Å². The van der Waals surface area contributed by atoms with Crippen molar-refractivity contribution in [3.05, 3.63) is 77.6 Å². The lowest BCUT2D eigenvalue weighted by Crippen LogP contribution is -2.16. The number of anilines is 2. The van der Waals surface area contributed by atoms with Gasteiger partial charge in [-0.1, -0.05) is 35.9 Å². The van der Waals surface area contributed by atoms with Crippen molar-refractivity contribution in [3.8, 4) is 0 Å². The summed E-state index contributed by atoms with van der Waals surface area (Å²) in [6.45, 7) is 2.62. The second-order valence-corrected chi connectivity index (χ2v) is 5.73. The quantitative estimate of drug-likeness (QED) is 0.725. The van der Waals surface area contributed by atoms with E-state index in [1.807, 2.05) is 43.3 Å². The minimum Gasteiger partial charge on any atom is -0.364 e. The first-order chi connectivity index (χ1) is 12.2. The highest BCUT2D eigenvalue weighted by atomic mass is 16.1. The molecule has 126 valence electrons. The Morgan fingerprint density at radius 2 is 1.80 bits per heavy atom. The normalized spacial score (nSPS) is 10.3. The SMILES string of the molecule is Cc1cccc(CC(=O)Nc2ccc(NCc3cccnc3)nn2)c1. The van der Waals surface area contributed by atoms with Gasteiger partial charge in [-0.25, -0.2) is 0 Å². The summed E-state index contributed by atoms with van der Waals surface area (Å²) in [5, 5.41) is 14.0. The molecular weight excluding hydrogens is 314 g/mol. The lowest BCUT2D eigenvalue weighted by Gasteiger charge is -2.07. The number of aromatic nitrogens is 3. The first kappa shape index (κ1) is 16.6. The fourth-order valence-electron chi connectivity index (χ4n) is 2.38. The summed E-state index contributed by atoms with van der Waals surface area (Å²) in [5.74, 6) is 0.959. The van der Waals surface area contributed by atoms with Crippen LogP contribution in [0.4, 0.5) is 11.6 Å². The van der Waals surface area contributed by atoms with Crippen LogP contribution in [-0.2, 0) is 17.8 Å². The predicted molar refractivity (Wildman–Crippen MR) is 97.1 cm³/mol. The number of pyridine rings is 1. The zero-order chi connectivity index (χ0) is 17.5. The largest absolute Gasteiger partial charge is 0.364 e. The number of carbonyl (C=O) groups excluding carboxylic acids is 1. The van der Waals surface area contributed by atoms with Crippen molar-refractivity contribution in [2.75, 3.05) is 10.6 Å². The van der Waals surface area contributed by atoms with Gasteiger partial charge in [-0.3, -0.25) is 9.78 Å². The maximum Gasteiger partial charge on any atom is 0.229 e. The third kappa shape index (κ3) is 5.10. The van der Waals surface area contributed by atoms with Crippen molar-refractivity contribution < 1.29 is 4.79 Å². The highest BCUT2D eigenvalue weighted by Crippen LogP contribution is 2.09. The highest BCUT2D eigenvalue weighted by Gasteiger charge is 2.06. The number of rotatable bonds is 6. The van der Waals surface area contributed by atoms with Gasteiger partial charge in [-0.15, -0.1) is 10.2 Å². The number of amides is 1. The van der Waals surface area contributed by atoms with E-state index in [-0.39, 0.29) is 5.91 Å². The molecule has 25 heavy (non-hydrogen) atoms. The molecule has 3 rings (SSSR count). The molecule has 0 fully saturated rings. The Balaban J connectivity index is 1.52.